The molecule has 0 bridgehead atoms. The number of fused-ring (bicyclic) bond motifs is 1. The van der Waals surface area contributed by atoms with Crippen LogP contribution in [0.5, 0.6) is 17.2 Å². The van der Waals surface area contributed by atoms with Crippen molar-refractivity contribution in [2.45, 2.75) is 0 Å². The van der Waals surface area contributed by atoms with Gasteiger partial charge in [0.15, 0.2) is 5.76 Å². The molecule has 0 aliphatic carbocycles. The second-order valence-electron chi connectivity index (χ2n) is 4.64. The quantitative estimate of drug-likeness (QED) is 0.804. The van der Waals surface area contributed by atoms with Gasteiger partial charge in [0.1, 0.15) is 22.6 Å². The van der Waals surface area contributed by atoms with Crippen LogP contribution in [0.4, 0.5) is 0 Å². The van der Waals surface area contributed by atoms with E-state index in [0.717, 1.165) is 0 Å². The van der Waals surface area contributed by atoms with Crippen LogP contribution >= 0.6 is 0 Å². The van der Waals surface area contributed by atoms with Crippen LogP contribution in [-0.2, 0) is 0 Å². The maximum Gasteiger partial charge on any atom is 0.235 e. The largest absolute Gasteiger partial charge is 0.502 e. The standard InChI is InChI=1S/C17H14O5/c1-20-12-8-5-9-13(21-2)14(12)17-16(19)15(18)10-6-3-4-7-11(10)22-17/h3-9,19H,1-2H3. The molecule has 0 atom stereocenters. The molecule has 5 heteroatoms. The molecule has 3 aromatic rings. The zero-order valence-corrected chi connectivity index (χ0v) is 12.1. The van der Waals surface area contributed by atoms with Crippen molar-refractivity contribution in [1.82, 2.24) is 0 Å². The Labute approximate surface area is 126 Å². The summed E-state index contributed by atoms with van der Waals surface area (Å²) in [5.41, 5.74) is 0.283. The smallest absolute Gasteiger partial charge is 0.235 e. The zero-order valence-electron chi connectivity index (χ0n) is 12.1. The first-order chi connectivity index (χ1) is 10.7. The molecule has 2 aromatic carbocycles. The Bertz CT molecular complexity index is 873. The second kappa shape index (κ2) is 5.44. The van der Waals surface area contributed by atoms with Crippen LogP contribution in [0.2, 0.25) is 0 Å². The van der Waals surface area contributed by atoms with E-state index in [0.29, 0.717) is 28.0 Å². The number of ether oxygens (including phenoxy) is 2. The van der Waals surface area contributed by atoms with Crippen LogP contribution in [0.15, 0.2) is 51.7 Å². The van der Waals surface area contributed by atoms with Crippen molar-refractivity contribution in [3.05, 3.63) is 52.7 Å². The van der Waals surface area contributed by atoms with Gasteiger partial charge >= 0.3 is 0 Å². The predicted octanol–water partition coefficient (Wildman–Crippen LogP) is 3.18. The zero-order chi connectivity index (χ0) is 15.7. The van der Waals surface area contributed by atoms with Gasteiger partial charge in [-0.05, 0) is 24.3 Å². The van der Waals surface area contributed by atoms with Crippen molar-refractivity contribution in [2.75, 3.05) is 14.2 Å². The predicted molar refractivity (Wildman–Crippen MR) is 82.7 cm³/mol. The van der Waals surface area contributed by atoms with Gasteiger partial charge in [0.2, 0.25) is 11.2 Å². The number of methoxy groups -OCH3 is 2. The summed E-state index contributed by atoms with van der Waals surface area (Å²) >= 11 is 0. The van der Waals surface area contributed by atoms with Crippen LogP contribution in [0, 0.1) is 0 Å². The molecule has 112 valence electrons. The highest BCUT2D eigenvalue weighted by molar-refractivity contribution is 5.84. The highest BCUT2D eigenvalue weighted by atomic mass is 16.5. The molecule has 1 aromatic heterocycles. The maximum atomic E-state index is 12.3. The number of hydrogen-bond donors (Lipinski definition) is 1. The molecule has 0 radical (unpaired) electrons. The summed E-state index contributed by atoms with van der Waals surface area (Å²) in [6.07, 6.45) is 0. The van der Waals surface area contributed by atoms with E-state index in [1.54, 1.807) is 42.5 Å². The second-order valence-corrected chi connectivity index (χ2v) is 4.64. The van der Waals surface area contributed by atoms with Crippen molar-refractivity contribution in [3.8, 4) is 28.6 Å². The minimum atomic E-state index is -0.496. The molecule has 22 heavy (non-hydrogen) atoms. The van der Waals surface area contributed by atoms with Crippen LogP contribution in [0.3, 0.4) is 0 Å². The Kier molecular flexibility index (Phi) is 3.47. The Morgan fingerprint density at radius 1 is 0.955 bits per heavy atom. The van der Waals surface area contributed by atoms with Crippen LogP contribution in [0.25, 0.3) is 22.3 Å². The minimum absolute atomic E-state index is 0.0259. The SMILES string of the molecule is COc1cccc(OC)c1-c1oc2ccccc2c(=O)c1O. The van der Waals surface area contributed by atoms with E-state index in [1.807, 2.05) is 0 Å². The third kappa shape index (κ3) is 2.07. The third-order valence-electron chi connectivity index (χ3n) is 3.43. The summed E-state index contributed by atoms with van der Waals surface area (Å²) in [6.45, 7) is 0. The van der Waals surface area contributed by atoms with E-state index < -0.39 is 11.2 Å². The fourth-order valence-electron chi connectivity index (χ4n) is 2.38. The highest BCUT2D eigenvalue weighted by Gasteiger charge is 2.22. The molecule has 3 rings (SSSR count). The number of rotatable bonds is 3. The van der Waals surface area contributed by atoms with Gasteiger partial charge < -0.3 is 19.0 Å². The first-order valence-electron chi connectivity index (χ1n) is 6.63. The van der Waals surface area contributed by atoms with Gasteiger partial charge in [-0.15, -0.1) is 0 Å². The van der Waals surface area contributed by atoms with Gasteiger partial charge in [-0.2, -0.15) is 0 Å². The summed E-state index contributed by atoms with van der Waals surface area (Å²) in [5.74, 6) is 0.431. The molecule has 0 saturated carbocycles. The molecule has 0 spiro atoms. The van der Waals surface area contributed by atoms with Gasteiger partial charge in [0.05, 0.1) is 19.6 Å². The Hall–Kier alpha value is -2.95. The lowest BCUT2D eigenvalue weighted by Gasteiger charge is -2.13. The summed E-state index contributed by atoms with van der Waals surface area (Å²) in [6, 6.07) is 11.9. The molecule has 5 nitrogen and oxygen atoms in total. The van der Waals surface area contributed by atoms with Crippen molar-refractivity contribution in [3.63, 3.8) is 0 Å². The van der Waals surface area contributed by atoms with Gasteiger partial charge in [-0.25, -0.2) is 0 Å². The van der Waals surface area contributed by atoms with E-state index >= 15 is 0 Å². The first kappa shape index (κ1) is 14.0. The van der Waals surface area contributed by atoms with E-state index in [1.165, 1.54) is 14.2 Å². The van der Waals surface area contributed by atoms with Gasteiger partial charge in [-0.1, -0.05) is 18.2 Å². The Morgan fingerprint density at radius 3 is 2.23 bits per heavy atom. The van der Waals surface area contributed by atoms with Gasteiger partial charge in [0.25, 0.3) is 0 Å². The normalized spacial score (nSPS) is 10.6. The number of para-hydroxylation sites is 1. The lowest BCUT2D eigenvalue weighted by Crippen LogP contribution is -2.03. The van der Waals surface area contributed by atoms with Crippen LogP contribution < -0.4 is 14.9 Å². The summed E-state index contributed by atoms with van der Waals surface area (Å²) in [4.78, 5) is 12.3. The molecule has 0 aliphatic rings. The van der Waals surface area contributed by atoms with Crippen molar-refractivity contribution < 1.29 is 19.0 Å². The average Bonchev–Trinajstić information content (AvgIpc) is 2.57. The van der Waals surface area contributed by atoms with Crippen molar-refractivity contribution in [1.29, 1.82) is 0 Å². The van der Waals surface area contributed by atoms with E-state index in [2.05, 4.69) is 0 Å². The third-order valence-corrected chi connectivity index (χ3v) is 3.43. The maximum absolute atomic E-state index is 12.3. The molecule has 0 amide bonds. The molecule has 1 heterocycles. The lowest BCUT2D eigenvalue weighted by molar-refractivity contribution is 0.391. The van der Waals surface area contributed by atoms with Gasteiger partial charge in [-0.3, -0.25) is 4.79 Å². The van der Waals surface area contributed by atoms with Crippen LogP contribution in [-0.4, -0.2) is 19.3 Å². The summed E-state index contributed by atoms with van der Waals surface area (Å²) in [7, 11) is 2.99. The topological polar surface area (TPSA) is 68.9 Å². The molecule has 0 unspecified atom stereocenters. The number of hydrogen-bond acceptors (Lipinski definition) is 5. The van der Waals surface area contributed by atoms with E-state index in [-0.39, 0.29) is 5.76 Å². The highest BCUT2D eigenvalue weighted by Crippen LogP contribution is 2.42. The summed E-state index contributed by atoms with van der Waals surface area (Å²) < 4.78 is 16.3. The monoisotopic (exact) mass is 298 g/mol. The first-order valence-corrected chi connectivity index (χ1v) is 6.63. The number of benzene rings is 2. The molecule has 1 N–H and O–H groups in total. The van der Waals surface area contributed by atoms with Gasteiger partial charge in [0, 0.05) is 0 Å². The van der Waals surface area contributed by atoms with E-state index in [4.69, 9.17) is 13.9 Å². The van der Waals surface area contributed by atoms with Crippen molar-refractivity contribution >= 4 is 11.0 Å². The Balaban J connectivity index is 2.41. The molecule has 0 fully saturated rings. The lowest BCUT2D eigenvalue weighted by atomic mass is 10.1. The van der Waals surface area contributed by atoms with Crippen molar-refractivity contribution in [2.24, 2.45) is 0 Å². The van der Waals surface area contributed by atoms with Crippen LogP contribution in [0.1, 0.15) is 0 Å². The average molecular weight is 298 g/mol. The Morgan fingerprint density at radius 2 is 1.59 bits per heavy atom. The van der Waals surface area contributed by atoms with E-state index in [9.17, 15) is 9.90 Å². The molecule has 0 saturated heterocycles. The molecular weight excluding hydrogens is 284 g/mol. The number of aromatic hydroxyl groups is 1. The fourth-order valence-corrected chi connectivity index (χ4v) is 2.38. The molecular formula is C17H14O5. The minimum Gasteiger partial charge on any atom is -0.502 e. The fraction of sp³-hybridized carbons (Fsp3) is 0.118. The molecule has 0 aliphatic heterocycles. The summed E-state index contributed by atoms with van der Waals surface area (Å²) in [5, 5.41) is 10.6.